The molecule has 0 N–H and O–H groups in total. The lowest BCUT2D eigenvalue weighted by Crippen LogP contribution is -1.69. The van der Waals surface area contributed by atoms with Gasteiger partial charge in [-0.25, -0.2) is 0 Å². The highest BCUT2D eigenvalue weighted by atomic mass is 16.1. The third-order valence-corrected chi connectivity index (χ3v) is 2.02. The van der Waals surface area contributed by atoms with Crippen LogP contribution in [0, 0.1) is 0 Å². The van der Waals surface area contributed by atoms with E-state index in [0.717, 1.165) is 32.0 Å². The molecule has 0 aromatic rings. The van der Waals surface area contributed by atoms with E-state index in [-0.39, 0.29) is 0 Å². The topological polar surface area (TPSA) is 17.1 Å². The van der Waals surface area contributed by atoms with Crippen LogP contribution in [0.3, 0.4) is 0 Å². The summed E-state index contributed by atoms with van der Waals surface area (Å²) in [6.07, 6.45) is 24.9. The van der Waals surface area contributed by atoms with Crippen molar-refractivity contribution in [2.24, 2.45) is 0 Å². The molecule has 1 nitrogen and oxygen atoms in total. The second kappa shape index (κ2) is 14.4. The quantitative estimate of drug-likeness (QED) is 0.246. The number of rotatable bonds is 9. The minimum absolute atomic E-state index is 0.817. The molecule has 0 aromatic heterocycles. The Morgan fingerprint density at radius 3 is 1.82 bits per heavy atom. The predicted octanol–water partition coefficient (Wildman–Crippen LogP) is 4.55. The van der Waals surface area contributed by atoms with Crippen LogP contribution in [0.2, 0.25) is 0 Å². The number of carbonyl (C=O) groups excluding carboxylic acids is 1. The molecule has 92 valence electrons. The Morgan fingerprint density at radius 1 is 0.706 bits per heavy atom. The zero-order valence-electron chi connectivity index (χ0n) is 10.6. The van der Waals surface area contributed by atoms with Crippen molar-refractivity contribution in [3.8, 4) is 0 Å². The number of aldehydes is 1. The predicted molar refractivity (Wildman–Crippen MR) is 75.9 cm³/mol. The lowest BCUT2D eigenvalue weighted by atomic mass is 10.2. The Morgan fingerprint density at radius 2 is 1.24 bits per heavy atom. The molecular weight excluding hydrogens is 208 g/mol. The summed E-state index contributed by atoms with van der Waals surface area (Å²) in [6, 6.07) is 0. The van der Waals surface area contributed by atoms with Gasteiger partial charge in [-0.3, -0.25) is 4.79 Å². The van der Waals surface area contributed by atoms with Gasteiger partial charge in [0.25, 0.3) is 0 Å². The minimum atomic E-state index is 0.817. The first-order valence-electron chi connectivity index (χ1n) is 6.17. The molecular formula is C16H22O. The van der Waals surface area contributed by atoms with Crippen LogP contribution < -0.4 is 0 Å². The first kappa shape index (κ1) is 15.4. The third-order valence-electron chi connectivity index (χ3n) is 2.02. The van der Waals surface area contributed by atoms with E-state index in [1.807, 2.05) is 36.5 Å². The van der Waals surface area contributed by atoms with Gasteiger partial charge in [0.15, 0.2) is 0 Å². The van der Waals surface area contributed by atoms with Crippen molar-refractivity contribution in [1.29, 1.82) is 0 Å². The van der Waals surface area contributed by atoms with Crippen molar-refractivity contribution in [1.82, 2.24) is 0 Å². The molecule has 0 aliphatic rings. The highest BCUT2D eigenvalue weighted by molar-refractivity contribution is 5.64. The number of carbonyl (C=O) groups is 1. The first-order chi connectivity index (χ1) is 8.41. The molecule has 0 amide bonds. The largest absolute Gasteiger partial charge is 0.299 e. The van der Waals surface area contributed by atoms with Gasteiger partial charge >= 0.3 is 0 Å². The molecule has 0 saturated heterocycles. The van der Waals surface area contributed by atoms with Crippen LogP contribution in [0.4, 0.5) is 0 Å². The molecule has 0 rings (SSSR count). The molecule has 0 radical (unpaired) electrons. The van der Waals surface area contributed by atoms with Crippen molar-refractivity contribution in [2.75, 3.05) is 0 Å². The average molecular weight is 230 g/mol. The van der Waals surface area contributed by atoms with Crippen LogP contribution in [0.5, 0.6) is 0 Å². The lowest BCUT2D eigenvalue weighted by molar-refractivity contribution is -0.104. The Balaban J connectivity index is 3.49. The summed E-state index contributed by atoms with van der Waals surface area (Å²) in [5.41, 5.74) is 0. The molecule has 0 spiro atoms. The van der Waals surface area contributed by atoms with E-state index in [2.05, 4.69) is 25.2 Å². The summed E-state index contributed by atoms with van der Waals surface area (Å²) in [6.45, 7) is 2.12. The van der Waals surface area contributed by atoms with Gasteiger partial charge in [-0.1, -0.05) is 61.6 Å². The number of unbranched alkanes of at least 4 members (excludes halogenated alkanes) is 2. The molecule has 0 aliphatic carbocycles. The summed E-state index contributed by atoms with van der Waals surface area (Å²) in [5.74, 6) is 0. The normalized spacial score (nSPS) is 13.0. The third kappa shape index (κ3) is 14.4. The maximum Gasteiger partial charge on any atom is 0.142 e. The standard InChI is InChI=1S/C16H22O/c1-2-3-4-5-6-7-8-9-10-11-12-13-14-15-16-17/h3-10,14-16H,2,11-13H2,1H3. The van der Waals surface area contributed by atoms with Crippen LogP contribution in [0.15, 0.2) is 60.8 Å². The van der Waals surface area contributed by atoms with Gasteiger partial charge in [0.05, 0.1) is 0 Å². The number of hydrogen-bond donors (Lipinski definition) is 0. The fourth-order valence-corrected chi connectivity index (χ4v) is 1.15. The van der Waals surface area contributed by atoms with Crippen LogP contribution in [-0.2, 0) is 4.79 Å². The molecule has 1 heteroatoms. The van der Waals surface area contributed by atoms with Crippen LogP contribution in [0.25, 0.3) is 0 Å². The fourth-order valence-electron chi connectivity index (χ4n) is 1.15. The smallest absolute Gasteiger partial charge is 0.142 e. The summed E-state index contributed by atoms with van der Waals surface area (Å²) in [7, 11) is 0. The van der Waals surface area contributed by atoms with Crippen molar-refractivity contribution < 1.29 is 4.79 Å². The minimum Gasteiger partial charge on any atom is -0.299 e. The van der Waals surface area contributed by atoms with Gasteiger partial charge in [0.1, 0.15) is 6.29 Å². The maximum atomic E-state index is 9.99. The lowest BCUT2D eigenvalue weighted by Gasteiger charge is -1.87. The van der Waals surface area contributed by atoms with Crippen molar-refractivity contribution in [3.63, 3.8) is 0 Å². The average Bonchev–Trinajstić information content (AvgIpc) is 2.35. The van der Waals surface area contributed by atoms with E-state index < -0.39 is 0 Å². The van der Waals surface area contributed by atoms with Gasteiger partial charge in [0.2, 0.25) is 0 Å². The van der Waals surface area contributed by atoms with E-state index in [1.165, 1.54) is 0 Å². The second-order valence-corrected chi connectivity index (χ2v) is 3.53. The molecule has 0 atom stereocenters. The zero-order valence-corrected chi connectivity index (χ0v) is 10.6. The highest BCUT2D eigenvalue weighted by Crippen LogP contribution is 1.97. The van der Waals surface area contributed by atoms with E-state index in [0.29, 0.717) is 0 Å². The Kier molecular flexibility index (Phi) is 13.0. The summed E-state index contributed by atoms with van der Waals surface area (Å²) >= 11 is 0. The number of allylic oxidation sites excluding steroid dienone is 10. The Bertz CT molecular complexity index is 303. The van der Waals surface area contributed by atoms with E-state index in [9.17, 15) is 4.79 Å². The molecule has 0 bridgehead atoms. The van der Waals surface area contributed by atoms with Gasteiger partial charge < -0.3 is 0 Å². The molecule has 0 heterocycles. The van der Waals surface area contributed by atoms with Gasteiger partial charge in [-0.15, -0.1) is 0 Å². The zero-order chi connectivity index (χ0) is 12.6. The molecule has 17 heavy (non-hydrogen) atoms. The first-order valence-corrected chi connectivity index (χ1v) is 6.17. The Labute approximate surface area is 105 Å². The van der Waals surface area contributed by atoms with Crippen molar-refractivity contribution >= 4 is 6.29 Å². The summed E-state index contributed by atoms with van der Waals surface area (Å²) in [4.78, 5) is 9.99. The van der Waals surface area contributed by atoms with Gasteiger partial charge in [-0.05, 0) is 31.8 Å². The summed E-state index contributed by atoms with van der Waals surface area (Å²) < 4.78 is 0. The van der Waals surface area contributed by atoms with Crippen molar-refractivity contribution in [3.05, 3.63) is 60.8 Å². The van der Waals surface area contributed by atoms with Gasteiger partial charge in [0, 0.05) is 0 Å². The fraction of sp³-hybridized carbons (Fsp3) is 0.312. The van der Waals surface area contributed by atoms with E-state index >= 15 is 0 Å². The monoisotopic (exact) mass is 230 g/mol. The van der Waals surface area contributed by atoms with E-state index in [1.54, 1.807) is 6.08 Å². The maximum absolute atomic E-state index is 9.99. The van der Waals surface area contributed by atoms with Crippen LogP contribution in [-0.4, -0.2) is 6.29 Å². The highest BCUT2D eigenvalue weighted by Gasteiger charge is 1.78. The second-order valence-electron chi connectivity index (χ2n) is 3.53. The molecule has 0 aliphatic heterocycles. The molecule has 0 fully saturated rings. The van der Waals surface area contributed by atoms with Crippen molar-refractivity contribution in [2.45, 2.75) is 32.6 Å². The Hall–Kier alpha value is -1.63. The van der Waals surface area contributed by atoms with Crippen LogP contribution >= 0.6 is 0 Å². The van der Waals surface area contributed by atoms with Crippen LogP contribution in [0.1, 0.15) is 32.6 Å². The molecule has 0 aromatic carbocycles. The van der Waals surface area contributed by atoms with Gasteiger partial charge in [-0.2, -0.15) is 0 Å². The SMILES string of the molecule is CCC=CC=CC=CC=CCCCC=CC=O. The van der Waals surface area contributed by atoms with E-state index in [4.69, 9.17) is 0 Å². The molecule has 0 saturated carbocycles. The number of hydrogen-bond acceptors (Lipinski definition) is 1. The summed E-state index contributed by atoms with van der Waals surface area (Å²) in [5, 5.41) is 0. The molecule has 0 unspecified atom stereocenters.